The number of hydrogen-bond acceptors (Lipinski definition) is 3. The third kappa shape index (κ3) is 2.13. The lowest BCUT2D eigenvalue weighted by molar-refractivity contribution is -0.149. The lowest BCUT2D eigenvalue weighted by atomic mass is 9.84. The standard InChI is InChI=1S/C13H19NO4/c1-13(2)7-10(15)14(12(13)18)9-5-3-4-8(6-9)11(16)17/h8-9H,3-7H2,1-2H3,(H,16,17). The lowest BCUT2D eigenvalue weighted by Gasteiger charge is -2.33. The molecule has 0 spiro atoms. The van der Waals surface area contributed by atoms with Gasteiger partial charge in [0.25, 0.3) is 0 Å². The van der Waals surface area contributed by atoms with Crippen LogP contribution in [0.5, 0.6) is 0 Å². The summed E-state index contributed by atoms with van der Waals surface area (Å²) < 4.78 is 0. The molecule has 5 nitrogen and oxygen atoms in total. The van der Waals surface area contributed by atoms with Crippen molar-refractivity contribution in [2.24, 2.45) is 11.3 Å². The maximum Gasteiger partial charge on any atom is 0.306 e. The van der Waals surface area contributed by atoms with Gasteiger partial charge < -0.3 is 5.11 Å². The summed E-state index contributed by atoms with van der Waals surface area (Å²) in [7, 11) is 0. The molecule has 1 aliphatic heterocycles. The van der Waals surface area contributed by atoms with Gasteiger partial charge in [0.15, 0.2) is 0 Å². The first kappa shape index (κ1) is 13.1. The Morgan fingerprint density at radius 1 is 1.33 bits per heavy atom. The van der Waals surface area contributed by atoms with Crippen molar-refractivity contribution in [2.45, 2.75) is 52.0 Å². The first-order valence-electron chi connectivity index (χ1n) is 6.42. The highest BCUT2D eigenvalue weighted by molar-refractivity contribution is 6.05. The minimum absolute atomic E-state index is 0.150. The summed E-state index contributed by atoms with van der Waals surface area (Å²) in [6.07, 6.45) is 2.78. The van der Waals surface area contributed by atoms with Crippen LogP contribution in [0.2, 0.25) is 0 Å². The van der Waals surface area contributed by atoms with Crippen LogP contribution in [0.15, 0.2) is 0 Å². The molecule has 1 heterocycles. The van der Waals surface area contributed by atoms with Gasteiger partial charge in [-0.25, -0.2) is 0 Å². The first-order chi connectivity index (χ1) is 8.33. The normalized spacial score (nSPS) is 31.8. The quantitative estimate of drug-likeness (QED) is 0.755. The zero-order valence-corrected chi connectivity index (χ0v) is 10.8. The van der Waals surface area contributed by atoms with Crippen molar-refractivity contribution >= 4 is 17.8 Å². The molecule has 1 saturated carbocycles. The number of carboxylic acids is 1. The van der Waals surface area contributed by atoms with Crippen LogP contribution in [-0.2, 0) is 14.4 Å². The van der Waals surface area contributed by atoms with E-state index in [2.05, 4.69) is 0 Å². The van der Waals surface area contributed by atoms with Crippen molar-refractivity contribution in [1.82, 2.24) is 4.90 Å². The molecule has 2 unspecified atom stereocenters. The van der Waals surface area contributed by atoms with E-state index in [9.17, 15) is 14.4 Å². The van der Waals surface area contributed by atoms with Gasteiger partial charge in [0.1, 0.15) is 0 Å². The SMILES string of the molecule is CC1(C)CC(=O)N(C2CCCC(C(=O)O)C2)C1=O. The molecule has 5 heteroatoms. The molecule has 2 aliphatic rings. The van der Waals surface area contributed by atoms with E-state index >= 15 is 0 Å². The maximum atomic E-state index is 12.2. The molecule has 0 bridgehead atoms. The number of likely N-dealkylation sites (tertiary alicyclic amines) is 1. The molecule has 1 aliphatic carbocycles. The Kier molecular flexibility index (Phi) is 3.17. The van der Waals surface area contributed by atoms with Crippen molar-refractivity contribution in [3.8, 4) is 0 Å². The second-order valence-electron chi connectivity index (χ2n) is 5.99. The maximum absolute atomic E-state index is 12.2. The van der Waals surface area contributed by atoms with Crippen LogP contribution in [-0.4, -0.2) is 33.8 Å². The number of nitrogens with zero attached hydrogens (tertiary/aromatic N) is 1. The number of rotatable bonds is 2. The van der Waals surface area contributed by atoms with Crippen LogP contribution >= 0.6 is 0 Å². The van der Waals surface area contributed by atoms with E-state index in [4.69, 9.17) is 5.11 Å². The minimum atomic E-state index is -0.821. The number of carbonyl (C=O) groups excluding carboxylic acids is 2. The molecule has 1 N–H and O–H groups in total. The Bertz CT molecular complexity index is 402. The van der Waals surface area contributed by atoms with Gasteiger partial charge in [-0.1, -0.05) is 20.3 Å². The van der Waals surface area contributed by atoms with Gasteiger partial charge in [-0.15, -0.1) is 0 Å². The van der Waals surface area contributed by atoms with E-state index in [0.717, 1.165) is 12.8 Å². The predicted octanol–water partition coefficient (Wildman–Crippen LogP) is 1.41. The van der Waals surface area contributed by atoms with Crippen LogP contribution in [0.4, 0.5) is 0 Å². The fourth-order valence-corrected chi connectivity index (χ4v) is 2.97. The average Bonchev–Trinajstić information content (AvgIpc) is 2.48. The molecule has 100 valence electrons. The Hall–Kier alpha value is -1.39. The number of hydrogen-bond donors (Lipinski definition) is 1. The van der Waals surface area contributed by atoms with E-state index in [1.165, 1.54) is 4.90 Å². The fourth-order valence-electron chi connectivity index (χ4n) is 2.97. The van der Waals surface area contributed by atoms with Gasteiger partial charge in [0, 0.05) is 12.5 Å². The minimum Gasteiger partial charge on any atom is -0.481 e. The molecule has 0 radical (unpaired) electrons. The zero-order chi connectivity index (χ0) is 13.5. The molecule has 1 saturated heterocycles. The Morgan fingerprint density at radius 3 is 2.50 bits per heavy atom. The predicted molar refractivity (Wildman–Crippen MR) is 63.6 cm³/mol. The van der Waals surface area contributed by atoms with E-state index in [1.807, 2.05) is 0 Å². The molecule has 2 rings (SSSR count). The summed E-state index contributed by atoms with van der Waals surface area (Å²) >= 11 is 0. The van der Waals surface area contributed by atoms with Crippen molar-refractivity contribution in [1.29, 1.82) is 0 Å². The van der Waals surface area contributed by atoms with Crippen LogP contribution < -0.4 is 0 Å². The highest BCUT2D eigenvalue weighted by Gasteiger charge is 2.48. The van der Waals surface area contributed by atoms with Gasteiger partial charge in [-0.2, -0.15) is 0 Å². The van der Waals surface area contributed by atoms with Crippen LogP contribution in [0.25, 0.3) is 0 Å². The third-order valence-corrected chi connectivity index (χ3v) is 4.02. The molecule has 2 amide bonds. The summed E-state index contributed by atoms with van der Waals surface area (Å²) in [4.78, 5) is 36.5. The molecular weight excluding hydrogens is 234 g/mol. The van der Waals surface area contributed by atoms with Crippen LogP contribution in [0.1, 0.15) is 46.0 Å². The molecule has 2 fully saturated rings. The Labute approximate surface area is 106 Å². The first-order valence-corrected chi connectivity index (χ1v) is 6.42. The van der Waals surface area contributed by atoms with Gasteiger partial charge in [0.2, 0.25) is 11.8 Å². The number of amides is 2. The van der Waals surface area contributed by atoms with Gasteiger partial charge in [-0.05, 0) is 19.3 Å². The third-order valence-electron chi connectivity index (χ3n) is 4.02. The van der Waals surface area contributed by atoms with Gasteiger partial charge >= 0.3 is 5.97 Å². The van der Waals surface area contributed by atoms with Gasteiger partial charge in [0.05, 0.1) is 11.3 Å². The second kappa shape index (κ2) is 4.37. The molecule has 18 heavy (non-hydrogen) atoms. The number of carboxylic acid groups (broad SMARTS) is 1. The summed E-state index contributed by atoms with van der Waals surface area (Å²) in [6.45, 7) is 3.54. The molecule has 0 aromatic rings. The van der Waals surface area contributed by atoms with E-state index in [1.54, 1.807) is 13.8 Å². The van der Waals surface area contributed by atoms with E-state index < -0.39 is 17.3 Å². The fraction of sp³-hybridized carbons (Fsp3) is 0.769. The highest BCUT2D eigenvalue weighted by atomic mass is 16.4. The largest absolute Gasteiger partial charge is 0.481 e. The van der Waals surface area contributed by atoms with Crippen LogP contribution in [0.3, 0.4) is 0 Å². The number of aliphatic carboxylic acids is 1. The molecule has 2 atom stereocenters. The Balaban J connectivity index is 2.14. The average molecular weight is 253 g/mol. The zero-order valence-electron chi connectivity index (χ0n) is 10.8. The topological polar surface area (TPSA) is 74.7 Å². The number of carbonyl (C=O) groups is 3. The Morgan fingerprint density at radius 2 is 2.00 bits per heavy atom. The van der Waals surface area contributed by atoms with Crippen molar-refractivity contribution in [2.75, 3.05) is 0 Å². The summed E-state index contributed by atoms with van der Waals surface area (Å²) in [5, 5.41) is 9.04. The van der Waals surface area contributed by atoms with E-state index in [0.29, 0.717) is 12.8 Å². The van der Waals surface area contributed by atoms with Gasteiger partial charge in [-0.3, -0.25) is 19.3 Å². The highest BCUT2D eigenvalue weighted by Crippen LogP contribution is 2.37. The van der Waals surface area contributed by atoms with E-state index in [-0.39, 0.29) is 24.3 Å². The summed E-state index contributed by atoms with van der Waals surface area (Å²) in [5.74, 6) is -1.55. The number of imide groups is 1. The van der Waals surface area contributed by atoms with Crippen LogP contribution in [0, 0.1) is 11.3 Å². The molecular formula is C13H19NO4. The van der Waals surface area contributed by atoms with Crippen molar-refractivity contribution < 1.29 is 19.5 Å². The molecule has 0 aromatic heterocycles. The van der Waals surface area contributed by atoms with Crippen molar-refractivity contribution in [3.05, 3.63) is 0 Å². The summed E-state index contributed by atoms with van der Waals surface area (Å²) in [6, 6.07) is -0.221. The smallest absolute Gasteiger partial charge is 0.306 e. The van der Waals surface area contributed by atoms with Crippen molar-refractivity contribution in [3.63, 3.8) is 0 Å². The summed E-state index contributed by atoms with van der Waals surface area (Å²) in [5.41, 5.74) is -0.632. The monoisotopic (exact) mass is 253 g/mol. The lowest BCUT2D eigenvalue weighted by Crippen LogP contribution is -2.44. The second-order valence-corrected chi connectivity index (χ2v) is 5.99. The molecule has 0 aromatic carbocycles.